The summed E-state index contributed by atoms with van der Waals surface area (Å²) in [5.41, 5.74) is 13.8. The highest BCUT2D eigenvalue weighted by Crippen LogP contribution is 2.45. The molecule has 5 heterocycles. The van der Waals surface area contributed by atoms with E-state index in [0.29, 0.717) is 37.2 Å². The molecule has 3 fully saturated rings. The number of aldehydes is 1. The molecular weight excluding hydrogens is 608 g/mol. The van der Waals surface area contributed by atoms with Gasteiger partial charge in [-0.3, -0.25) is 14.8 Å². The summed E-state index contributed by atoms with van der Waals surface area (Å²) in [7, 11) is 0. The van der Waals surface area contributed by atoms with E-state index in [-0.39, 0.29) is 6.10 Å². The summed E-state index contributed by atoms with van der Waals surface area (Å²) < 4.78 is 21.9. The zero-order valence-corrected chi connectivity index (χ0v) is 27.8. The summed E-state index contributed by atoms with van der Waals surface area (Å²) >= 11 is 0. The van der Waals surface area contributed by atoms with Crippen LogP contribution in [0.5, 0.6) is 0 Å². The van der Waals surface area contributed by atoms with Crippen molar-refractivity contribution in [2.45, 2.75) is 78.4 Å². The highest BCUT2D eigenvalue weighted by Gasteiger charge is 2.35. The van der Waals surface area contributed by atoms with Crippen LogP contribution in [0.1, 0.15) is 81.7 Å². The number of benzene rings is 2. The van der Waals surface area contributed by atoms with Gasteiger partial charge in [0.05, 0.1) is 42.6 Å². The third kappa shape index (κ3) is 5.76. The number of carbonyl (C=O) groups is 1. The van der Waals surface area contributed by atoms with Gasteiger partial charge in [0.1, 0.15) is 23.7 Å². The van der Waals surface area contributed by atoms with E-state index in [4.69, 9.17) is 28.5 Å². The van der Waals surface area contributed by atoms with Crippen molar-refractivity contribution in [1.82, 2.24) is 10.3 Å². The predicted molar refractivity (Wildman–Crippen MR) is 181 cm³/mol. The van der Waals surface area contributed by atoms with Gasteiger partial charge in [-0.25, -0.2) is 0 Å². The Kier molecular flexibility index (Phi) is 7.97. The van der Waals surface area contributed by atoms with Gasteiger partial charge in [0.2, 0.25) is 0 Å². The average molecular weight is 649 g/mol. The van der Waals surface area contributed by atoms with Gasteiger partial charge in [0.25, 0.3) is 0 Å². The number of fused-ring (bicyclic) bond motifs is 2. The van der Waals surface area contributed by atoms with Crippen molar-refractivity contribution in [3.05, 3.63) is 69.4 Å². The summed E-state index contributed by atoms with van der Waals surface area (Å²) in [5.74, 6) is 2.82. The molecule has 2 aromatic heterocycles. The van der Waals surface area contributed by atoms with Crippen LogP contribution in [-0.2, 0) is 22.3 Å². The lowest BCUT2D eigenvalue weighted by Crippen LogP contribution is -2.33. The summed E-state index contributed by atoms with van der Waals surface area (Å²) in [6.07, 6.45) is 6.41. The minimum Gasteiger partial charge on any atom is -0.386 e. The molecule has 0 bridgehead atoms. The van der Waals surface area contributed by atoms with Gasteiger partial charge >= 0.3 is 0 Å². The number of carbonyl (C=O) groups excluding carboxylic acids is 1. The summed E-state index contributed by atoms with van der Waals surface area (Å²) in [4.78, 5) is 21.1. The van der Waals surface area contributed by atoms with Crippen LogP contribution in [0.2, 0.25) is 0 Å². The fourth-order valence-corrected chi connectivity index (χ4v) is 7.32. The predicted octanol–water partition coefficient (Wildman–Crippen LogP) is 7.26. The molecule has 5 aliphatic rings. The quantitative estimate of drug-likeness (QED) is 0.207. The molecule has 1 saturated heterocycles. The maximum atomic E-state index is 11.4. The van der Waals surface area contributed by atoms with E-state index in [1.807, 2.05) is 39.8 Å². The Bertz CT molecular complexity index is 1930. The summed E-state index contributed by atoms with van der Waals surface area (Å²) in [6.45, 7) is 9.16. The van der Waals surface area contributed by atoms with Crippen molar-refractivity contribution in [3.63, 3.8) is 0 Å². The highest BCUT2D eigenvalue weighted by atomic mass is 16.6. The normalized spacial score (nSPS) is 20.4. The Morgan fingerprint density at radius 3 is 1.83 bits per heavy atom. The van der Waals surface area contributed by atoms with E-state index in [2.05, 4.69) is 22.4 Å². The number of aromatic nitrogens is 2. The monoisotopic (exact) mass is 648 g/mol. The zero-order chi connectivity index (χ0) is 33.1. The second kappa shape index (κ2) is 12.3. The van der Waals surface area contributed by atoms with Crippen LogP contribution in [0.25, 0.3) is 22.3 Å². The molecule has 2 aromatic carbocycles. The van der Waals surface area contributed by atoms with Crippen LogP contribution in [0.15, 0.2) is 43.3 Å². The summed E-state index contributed by atoms with van der Waals surface area (Å²) in [6, 6.07) is 8.23. The third-order valence-electron chi connectivity index (χ3n) is 10.1. The molecule has 48 heavy (non-hydrogen) atoms. The molecule has 0 radical (unpaired) electrons. The number of hydrogen-bond acceptors (Lipinski definition) is 10. The number of aliphatic hydroxyl groups excluding tert-OH is 1. The average Bonchev–Trinajstić information content (AvgIpc) is 3.98. The van der Waals surface area contributed by atoms with Crippen LogP contribution in [0.3, 0.4) is 0 Å². The van der Waals surface area contributed by atoms with Crippen LogP contribution >= 0.6 is 0 Å². The van der Waals surface area contributed by atoms with Crippen molar-refractivity contribution in [2.75, 3.05) is 19.8 Å². The minimum absolute atomic E-state index is 0.372. The largest absolute Gasteiger partial charge is 0.386 e. The Labute approximate surface area is 279 Å². The van der Waals surface area contributed by atoms with Crippen LogP contribution in [0, 0.1) is 39.5 Å². The molecule has 3 aliphatic heterocycles. The van der Waals surface area contributed by atoms with Crippen molar-refractivity contribution in [1.29, 1.82) is 0 Å². The number of nitrogens with zero attached hydrogens (tertiary/aromatic N) is 4. The van der Waals surface area contributed by atoms with Gasteiger partial charge in [-0.1, -0.05) is 10.3 Å². The van der Waals surface area contributed by atoms with Gasteiger partial charge in [-0.2, -0.15) is 0 Å². The molecule has 2 unspecified atom stereocenters. The number of ether oxygens (including phenoxy) is 2. The van der Waals surface area contributed by atoms with Gasteiger partial charge < -0.3 is 23.6 Å². The van der Waals surface area contributed by atoms with E-state index in [0.717, 1.165) is 86.8 Å². The van der Waals surface area contributed by atoms with Crippen LogP contribution < -0.4 is 0 Å². The molecular formula is C38H40N4O6. The zero-order valence-electron chi connectivity index (χ0n) is 27.8. The number of aryl methyl sites for hydroxylation is 4. The molecule has 248 valence electrons. The third-order valence-corrected chi connectivity index (χ3v) is 10.1. The first-order valence-corrected chi connectivity index (χ1v) is 17.0. The van der Waals surface area contributed by atoms with Gasteiger partial charge in [-0.15, -0.1) is 0 Å². The molecule has 2 atom stereocenters. The first-order valence-electron chi connectivity index (χ1n) is 17.0. The van der Waals surface area contributed by atoms with Gasteiger partial charge in [-0.05, 0) is 112 Å². The maximum Gasteiger partial charge on any atom is 0.152 e. The first kappa shape index (κ1) is 31.0. The number of hydrogen-bond donors (Lipinski definition) is 1. The molecule has 0 spiro atoms. The fourth-order valence-electron chi connectivity index (χ4n) is 7.32. The number of rotatable bonds is 7. The standard InChI is InChI=1S/C21H24N2O4.C17H16N2O2/c1-11-19(12(2)27-23-11)14-7-15-9-17(13-3-4-13)22-20(15)16(8-14)21(24)18-10-25-5-6-26-18;1-9-16(10(2)21-19-9)12-5-13-7-15(11-3-4-11)18-17(13)14(6-12)8-20/h7-8,13,18,21,24H,3-6,9-10H2,1-2H3;5-6,8,11H,3-4,7H2,1-2H3. The Morgan fingerprint density at radius 1 is 0.771 bits per heavy atom. The maximum absolute atomic E-state index is 11.4. The van der Waals surface area contributed by atoms with Crippen molar-refractivity contribution in [3.8, 4) is 22.3 Å². The van der Waals surface area contributed by atoms with Crippen molar-refractivity contribution < 1.29 is 28.4 Å². The molecule has 1 N–H and O–H groups in total. The molecule has 10 heteroatoms. The number of aliphatic hydroxyl groups is 1. The molecule has 2 aliphatic carbocycles. The number of aliphatic imine (C=N–C) groups is 2. The molecule has 4 aromatic rings. The first-order chi connectivity index (χ1) is 23.3. The molecule has 2 saturated carbocycles. The van der Waals surface area contributed by atoms with Crippen LogP contribution in [0.4, 0.5) is 11.4 Å². The SMILES string of the molecule is Cc1noc(C)c1-c1cc(C=O)c2c(c1)CC(C1CC1)=N2.Cc1noc(C)c1-c1cc2c(c(C(O)C3COCCO3)c1)N=C(C1CC1)C2. The topological polar surface area (TPSA) is 133 Å². The van der Waals surface area contributed by atoms with Crippen molar-refractivity contribution in [2.24, 2.45) is 21.8 Å². The molecule has 10 nitrogen and oxygen atoms in total. The van der Waals surface area contributed by atoms with E-state index in [1.165, 1.54) is 42.7 Å². The molecule has 9 rings (SSSR count). The Hall–Kier alpha value is -4.25. The van der Waals surface area contributed by atoms with Crippen molar-refractivity contribution >= 4 is 29.1 Å². The van der Waals surface area contributed by atoms with E-state index < -0.39 is 6.10 Å². The summed E-state index contributed by atoms with van der Waals surface area (Å²) in [5, 5.41) is 19.2. The van der Waals surface area contributed by atoms with E-state index in [1.54, 1.807) is 0 Å². The van der Waals surface area contributed by atoms with Gasteiger partial charge in [0, 0.05) is 46.5 Å². The second-order valence-electron chi connectivity index (χ2n) is 13.7. The van der Waals surface area contributed by atoms with E-state index in [9.17, 15) is 9.90 Å². The van der Waals surface area contributed by atoms with Crippen LogP contribution in [-0.4, -0.2) is 59.1 Å². The minimum atomic E-state index is -0.776. The lowest BCUT2D eigenvalue weighted by atomic mass is 9.92. The fraction of sp³-hybridized carbons (Fsp3) is 0.447. The second-order valence-corrected chi connectivity index (χ2v) is 13.7. The van der Waals surface area contributed by atoms with E-state index >= 15 is 0 Å². The Morgan fingerprint density at radius 2 is 1.33 bits per heavy atom. The lowest BCUT2D eigenvalue weighted by molar-refractivity contribution is -0.133. The van der Waals surface area contributed by atoms with Gasteiger partial charge in [0.15, 0.2) is 6.29 Å². The Balaban J connectivity index is 0.000000145. The molecule has 0 amide bonds. The smallest absolute Gasteiger partial charge is 0.152 e. The highest BCUT2D eigenvalue weighted by molar-refractivity contribution is 6.02. The lowest BCUT2D eigenvalue weighted by Gasteiger charge is -2.28.